The summed E-state index contributed by atoms with van der Waals surface area (Å²) in [6.45, 7) is 5.75. The number of hydrogen-bond acceptors (Lipinski definition) is 4. The monoisotopic (exact) mass is 404 g/mol. The summed E-state index contributed by atoms with van der Waals surface area (Å²) in [5, 5.41) is 3.31. The van der Waals surface area contributed by atoms with Crippen LogP contribution in [0.3, 0.4) is 0 Å². The lowest BCUT2D eigenvalue weighted by Gasteiger charge is -2.35. The second kappa shape index (κ2) is 11.0. The van der Waals surface area contributed by atoms with E-state index in [-0.39, 0.29) is 36.6 Å². The van der Waals surface area contributed by atoms with E-state index in [9.17, 15) is 13.2 Å². The fourth-order valence-electron chi connectivity index (χ4n) is 2.97. The van der Waals surface area contributed by atoms with Crippen molar-refractivity contribution in [2.45, 2.75) is 32.2 Å². The molecule has 1 aliphatic heterocycles. The second-order valence-electron chi connectivity index (χ2n) is 5.54. The highest BCUT2D eigenvalue weighted by Crippen LogP contribution is 2.36. The molecule has 0 spiro atoms. The van der Waals surface area contributed by atoms with Gasteiger partial charge in [-0.25, -0.2) is 0 Å². The van der Waals surface area contributed by atoms with Gasteiger partial charge in [0.1, 0.15) is 11.5 Å². The standard InChI is InChI=1S/C16H23F3N2O2.2ClH/c1-3-4-14(21-9-7-20-8-10-21)13-6-5-12(11-15(13)22-2)23-16(17,18)19;;/h5-6,11,14,20H,3-4,7-10H2,1-2H3;2*1H/t14-;;/m1../s1. The zero-order chi connectivity index (χ0) is 16.9. The molecular weight excluding hydrogens is 380 g/mol. The van der Waals surface area contributed by atoms with Gasteiger partial charge in [0.05, 0.1) is 7.11 Å². The van der Waals surface area contributed by atoms with Gasteiger partial charge < -0.3 is 14.8 Å². The Hall–Kier alpha value is -0.890. The molecule has 25 heavy (non-hydrogen) atoms. The summed E-state index contributed by atoms with van der Waals surface area (Å²) in [5.74, 6) is 0.178. The third-order valence-electron chi connectivity index (χ3n) is 3.95. The van der Waals surface area contributed by atoms with Gasteiger partial charge in [0.15, 0.2) is 0 Å². The second-order valence-corrected chi connectivity index (χ2v) is 5.54. The molecule has 1 aromatic rings. The van der Waals surface area contributed by atoms with Crippen molar-refractivity contribution in [1.29, 1.82) is 0 Å². The first-order chi connectivity index (χ1) is 10.9. The van der Waals surface area contributed by atoms with E-state index in [2.05, 4.69) is 21.9 Å². The van der Waals surface area contributed by atoms with Crippen LogP contribution in [-0.4, -0.2) is 44.6 Å². The summed E-state index contributed by atoms with van der Waals surface area (Å²) >= 11 is 0. The minimum Gasteiger partial charge on any atom is -0.496 e. The van der Waals surface area contributed by atoms with Crippen molar-refractivity contribution in [2.75, 3.05) is 33.3 Å². The molecule has 1 fully saturated rings. The van der Waals surface area contributed by atoms with Gasteiger partial charge in [-0.2, -0.15) is 0 Å². The van der Waals surface area contributed by atoms with E-state index in [1.165, 1.54) is 19.2 Å². The molecule has 2 rings (SSSR count). The van der Waals surface area contributed by atoms with Crippen LogP contribution in [0.25, 0.3) is 0 Å². The smallest absolute Gasteiger partial charge is 0.496 e. The average Bonchev–Trinajstić information content (AvgIpc) is 2.52. The topological polar surface area (TPSA) is 33.7 Å². The average molecular weight is 405 g/mol. The van der Waals surface area contributed by atoms with Crippen LogP contribution in [0.1, 0.15) is 31.4 Å². The van der Waals surface area contributed by atoms with E-state index in [1.807, 2.05) is 0 Å². The Labute approximate surface area is 158 Å². The first kappa shape index (κ1) is 24.1. The molecule has 1 N–H and O–H groups in total. The van der Waals surface area contributed by atoms with Crippen molar-refractivity contribution < 1.29 is 22.6 Å². The first-order valence-electron chi connectivity index (χ1n) is 7.83. The number of benzene rings is 1. The van der Waals surface area contributed by atoms with Crippen LogP contribution in [0.4, 0.5) is 13.2 Å². The number of nitrogens with zero attached hydrogens (tertiary/aromatic N) is 1. The Bertz CT molecular complexity index is 513. The Morgan fingerprint density at radius 3 is 2.36 bits per heavy atom. The highest BCUT2D eigenvalue weighted by atomic mass is 35.5. The lowest BCUT2D eigenvalue weighted by atomic mass is 9.98. The maximum atomic E-state index is 12.4. The normalized spacial score (nSPS) is 16.4. The molecule has 1 aromatic carbocycles. The number of nitrogens with one attached hydrogen (secondary N) is 1. The molecule has 0 radical (unpaired) electrons. The van der Waals surface area contributed by atoms with Crippen LogP contribution >= 0.6 is 24.8 Å². The summed E-state index contributed by atoms with van der Waals surface area (Å²) in [6, 6.07) is 4.49. The molecule has 1 saturated heterocycles. The molecule has 0 bridgehead atoms. The number of ether oxygens (including phenoxy) is 2. The number of alkyl halides is 3. The van der Waals surface area contributed by atoms with Gasteiger partial charge in [-0.3, -0.25) is 4.90 Å². The quantitative estimate of drug-likeness (QED) is 0.770. The molecule has 1 atom stereocenters. The molecule has 0 amide bonds. The van der Waals surface area contributed by atoms with Crippen molar-refractivity contribution in [3.63, 3.8) is 0 Å². The maximum Gasteiger partial charge on any atom is 0.573 e. The first-order valence-corrected chi connectivity index (χ1v) is 7.83. The molecule has 1 heterocycles. The summed E-state index contributed by atoms with van der Waals surface area (Å²) in [5.41, 5.74) is 0.908. The SMILES string of the molecule is CCC[C@H](c1ccc(OC(F)(F)F)cc1OC)N1CCNCC1.Cl.Cl. The summed E-state index contributed by atoms with van der Waals surface area (Å²) < 4.78 is 46.4. The highest BCUT2D eigenvalue weighted by molar-refractivity contribution is 5.85. The molecule has 146 valence electrons. The number of methoxy groups -OCH3 is 1. The van der Waals surface area contributed by atoms with Crippen molar-refractivity contribution in [3.8, 4) is 11.5 Å². The molecule has 0 unspecified atom stereocenters. The fraction of sp³-hybridized carbons (Fsp3) is 0.625. The molecule has 1 aliphatic rings. The van der Waals surface area contributed by atoms with E-state index in [4.69, 9.17) is 4.74 Å². The van der Waals surface area contributed by atoms with Crippen LogP contribution in [0.5, 0.6) is 11.5 Å². The molecule has 0 aromatic heterocycles. The van der Waals surface area contributed by atoms with Crippen molar-refractivity contribution in [3.05, 3.63) is 23.8 Å². The van der Waals surface area contributed by atoms with Gasteiger partial charge in [0.2, 0.25) is 0 Å². The van der Waals surface area contributed by atoms with Gasteiger partial charge >= 0.3 is 6.36 Å². The minimum absolute atomic E-state index is 0. The third-order valence-corrected chi connectivity index (χ3v) is 3.95. The number of rotatable bonds is 6. The Balaban J connectivity index is 0.00000288. The lowest BCUT2D eigenvalue weighted by Crippen LogP contribution is -2.45. The highest BCUT2D eigenvalue weighted by Gasteiger charge is 2.32. The zero-order valence-electron chi connectivity index (χ0n) is 14.3. The van der Waals surface area contributed by atoms with E-state index in [1.54, 1.807) is 6.07 Å². The van der Waals surface area contributed by atoms with Crippen molar-refractivity contribution in [1.82, 2.24) is 10.2 Å². The largest absolute Gasteiger partial charge is 0.573 e. The molecule has 9 heteroatoms. The number of halogens is 5. The summed E-state index contributed by atoms with van der Waals surface area (Å²) in [4.78, 5) is 2.35. The van der Waals surface area contributed by atoms with Crippen LogP contribution in [0.15, 0.2) is 18.2 Å². The van der Waals surface area contributed by atoms with E-state index in [0.717, 1.165) is 44.6 Å². The summed E-state index contributed by atoms with van der Waals surface area (Å²) in [6.07, 6.45) is -2.79. The van der Waals surface area contributed by atoms with Crippen LogP contribution < -0.4 is 14.8 Å². The van der Waals surface area contributed by atoms with Gasteiger partial charge in [-0.15, -0.1) is 38.0 Å². The fourth-order valence-corrected chi connectivity index (χ4v) is 2.97. The minimum atomic E-state index is -4.70. The van der Waals surface area contributed by atoms with Crippen LogP contribution in [0, 0.1) is 0 Å². The number of hydrogen-bond donors (Lipinski definition) is 1. The van der Waals surface area contributed by atoms with Crippen LogP contribution in [-0.2, 0) is 0 Å². The predicted octanol–water partition coefficient (Wildman–Crippen LogP) is 4.18. The van der Waals surface area contributed by atoms with Crippen LogP contribution in [0.2, 0.25) is 0 Å². The zero-order valence-corrected chi connectivity index (χ0v) is 15.9. The lowest BCUT2D eigenvalue weighted by molar-refractivity contribution is -0.274. The van der Waals surface area contributed by atoms with Gasteiger partial charge in [0, 0.05) is 43.9 Å². The predicted molar refractivity (Wildman–Crippen MR) is 96.3 cm³/mol. The van der Waals surface area contributed by atoms with Gasteiger partial charge in [-0.05, 0) is 12.5 Å². The Morgan fingerprint density at radius 2 is 1.84 bits per heavy atom. The van der Waals surface area contributed by atoms with Gasteiger partial charge in [-0.1, -0.05) is 19.4 Å². The molecule has 0 saturated carbocycles. The molecule has 4 nitrogen and oxygen atoms in total. The van der Waals surface area contributed by atoms with E-state index >= 15 is 0 Å². The Morgan fingerprint density at radius 1 is 1.20 bits per heavy atom. The van der Waals surface area contributed by atoms with Crippen molar-refractivity contribution in [2.24, 2.45) is 0 Å². The maximum absolute atomic E-state index is 12.4. The van der Waals surface area contributed by atoms with E-state index in [0.29, 0.717) is 5.75 Å². The third kappa shape index (κ3) is 7.09. The Kier molecular flexibility index (Phi) is 10.6. The summed E-state index contributed by atoms with van der Waals surface area (Å²) in [7, 11) is 1.47. The van der Waals surface area contributed by atoms with Crippen molar-refractivity contribution >= 4 is 24.8 Å². The molecular formula is C16H25Cl2F3N2O2. The molecule has 0 aliphatic carbocycles. The van der Waals surface area contributed by atoms with Gasteiger partial charge in [0.25, 0.3) is 0 Å². The van der Waals surface area contributed by atoms with E-state index < -0.39 is 6.36 Å². The number of piperazine rings is 1.